The third-order valence-electron chi connectivity index (χ3n) is 9.92. The minimum atomic E-state index is -4.05. The van der Waals surface area contributed by atoms with Gasteiger partial charge in [0.1, 0.15) is 0 Å². The standard InChI is InChI=1S/C26H39O4P/c1-25-14-6-9-23(25)22-11-10-20-17-21(12-16-26(20,2)24(22)13-15-25)30-31(27,28)29-18-19-7-4-3-5-8-19/h3-5,7-8,20-24H,6,9-18H2,1-2H3,(H,27,28)/t20-,21-,22-,23-,24-,25-,26-/m0/s1. The highest BCUT2D eigenvalue weighted by Crippen LogP contribution is 2.66. The molecule has 0 spiro atoms. The van der Waals surface area contributed by atoms with Crippen molar-refractivity contribution in [3.05, 3.63) is 35.9 Å². The predicted octanol–water partition coefficient (Wildman–Crippen LogP) is 7.12. The van der Waals surface area contributed by atoms with Crippen molar-refractivity contribution in [3.8, 4) is 0 Å². The number of hydrogen-bond acceptors (Lipinski definition) is 3. The van der Waals surface area contributed by atoms with Gasteiger partial charge in [-0.05, 0) is 97.9 Å². The summed E-state index contributed by atoms with van der Waals surface area (Å²) in [6, 6.07) is 9.51. The largest absolute Gasteiger partial charge is 0.472 e. The van der Waals surface area contributed by atoms with Crippen molar-refractivity contribution in [2.45, 2.75) is 90.8 Å². The molecule has 8 atom stereocenters. The molecule has 0 aliphatic heterocycles. The van der Waals surface area contributed by atoms with Crippen LogP contribution in [0.25, 0.3) is 0 Å². The Kier molecular flexibility index (Phi) is 5.91. The summed E-state index contributed by atoms with van der Waals surface area (Å²) in [5.41, 5.74) is 1.85. The lowest BCUT2D eigenvalue weighted by Crippen LogP contribution is -2.53. The number of fused-ring (bicyclic) bond motifs is 5. The van der Waals surface area contributed by atoms with Crippen LogP contribution in [0.15, 0.2) is 30.3 Å². The Bertz CT molecular complexity index is 828. The molecule has 4 fully saturated rings. The summed E-state index contributed by atoms with van der Waals surface area (Å²) in [7, 11) is -4.05. The maximum atomic E-state index is 12.6. The van der Waals surface area contributed by atoms with Crippen molar-refractivity contribution >= 4 is 7.82 Å². The van der Waals surface area contributed by atoms with E-state index in [1.165, 1.54) is 44.9 Å². The fourth-order valence-electron chi connectivity index (χ4n) is 8.26. The molecule has 1 unspecified atom stereocenters. The van der Waals surface area contributed by atoms with E-state index in [1.54, 1.807) is 0 Å². The van der Waals surface area contributed by atoms with Gasteiger partial charge in [0.15, 0.2) is 0 Å². The predicted molar refractivity (Wildman–Crippen MR) is 122 cm³/mol. The lowest BCUT2D eigenvalue weighted by atomic mass is 9.45. The van der Waals surface area contributed by atoms with E-state index in [-0.39, 0.29) is 12.7 Å². The van der Waals surface area contributed by atoms with Gasteiger partial charge in [0, 0.05) is 0 Å². The van der Waals surface area contributed by atoms with Gasteiger partial charge in [0.05, 0.1) is 12.7 Å². The van der Waals surface area contributed by atoms with E-state index < -0.39 is 7.82 Å². The van der Waals surface area contributed by atoms with Crippen LogP contribution in [0.4, 0.5) is 0 Å². The van der Waals surface area contributed by atoms with Gasteiger partial charge in [0.2, 0.25) is 0 Å². The van der Waals surface area contributed by atoms with E-state index >= 15 is 0 Å². The molecule has 172 valence electrons. The van der Waals surface area contributed by atoms with Gasteiger partial charge >= 0.3 is 7.82 Å². The van der Waals surface area contributed by atoms with E-state index in [2.05, 4.69) is 13.8 Å². The molecule has 4 nitrogen and oxygen atoms in total. The van der Waals surface area contributed by atoms with Crippen LogP contribution < -0.4 is 0 Å². The molecule has 5 rings (SSSR count). The zero-order chi connectivity index (χ0) is 21.7. The van der Waals surface area contributed by atoms with Crippen molar-refractivity contribution in [3.63, 3.8) is 0 Å². The Morgan fingerprint density at radius 1 is 1.00 bits per heavy atom. The van der Waals surface area contributed by atoms with E-state index in [1.807, 2.05) is 30.3 Å². The van der Waals surface area contributed by atoms with Crippen molar-refractivity contribution in [2.75, 3.05) is 0 Å². The first kappa shape index (κ1) is 22.1. The van der Waals surface area contributed by atoms with Crippen LogP contribution in [-0.4, -0.2) is 11.0 Å². The molecule has 1 aromatic carbocycles. The Morgan fingerprint density at radius 3 is 2.61 bits per heavy atom. The first-order valence-electron chi connectivity index (χ1n) is 12.5. The fourth-order valence-corrected chi connectivity index (χ4v) is 9.20. The van der Waals surface area contributed by atoms with Crippen molar-refractivity contribution in [1.82, 2.24) is 0 Å². The molecule has 0 bridgehead atoms. The molecule has 5 heteroatoms. The number of phosphoric ester groups is 1. The smallest absolute Gasteiger partial charge is 0.302 e. The molecule has 4 aliphatic carbocycles. The maximum absolute atomic E-state index is 12.6. The molecule has 1 aromatic rings. The fraction of sp³-hybridized carbons (Fsp3) is 0.769. The number of hydrogen-bond donors (Lipinski definition) is 1. The Morgan fingerprint density at radius 2 is 1.81 bits per heavy atom. The highest BCUT2D eigenvalue weighted by Gasteiger charge is 2.58. The van der Waals surface area contributed by atoms with Crippen LogP contribution in [0.1, 0.15) is 83.6 Å². The first-order chi connectivity index (χ1) is 14.8. The van der Waals surface area contributed by atoms with E-state index in [9.17, 15) is 9.46 Å². The summed E-state index contributed by atoms with van der Waals surface area (Å²) < 4.78 is 23.6. The van der Waals surface area contributed by atoms with Gasteiger partial charge in [-0.3, -0.25) is 9.05 Å². The van der Waals surface area contributed by atoms with Crippen molar-refractivity contribution in [1.29, 1.82) is 0 Å². The highest BCUT2D eigenvalue weighted by atomic mass is 31.2. The molecule has 0 amide bonds. The minimum Gasteiger partial charge on any atom is -0.302 e. The van der Waals surface area contributed by atoms with Crippen molar-refractivity contribution < 1.29 is 18.5 Å². The second-order valence-electron chi connectivity index (χ2n) is 11.5. The lowest BCUT2D eigenvalue weighted by molar-refractivity contribution is -0.120. The SMILES string of the molecule is C[C@@]12CCC[C@H]1[C@@H]1CC[C@H]3C[C@@H](OP(=O)(O)OCc4ccccc4)CC[C@]3(C)[C@H]1CC2. The summed E-state index contributed by atoms with van der Waals surface area (Å²) in [6.07, 6.45) is 12.4. The van der Waals surface area contributed by atoms with Crippen LogP contribution >= 0.6 is 7.82 Å². The van der Waals surface area contributed by atoms with Crippen LogP contribution in [0.5, 0.6) is 0 Å². The molecule has 31 heavy (non-hydrogen) atoms. The highest BCUT2D eigenvalue weighted by molar-refractivity contribution is 7.47. The van der Waals surface area contributed by atoms with Gasteiger partial charge in [-0.15, -0.1) is 0 Å². The first-order valence-corrected chi connectivity index (χ1v) is 14.0. The average molecular weight is 447 g/mol. The third kappa shape index (κ3) is 4.19. The van der Waals surface area contributed by atoms with Gasteiger partial charge in [0.25, 0.3) is 0 Å². The van der Waals surface area contributed by atoms with Gasteiger partial charge in [-0.25, -0.2) is 4.57 Å². The van der Waals surface area contributed by atoms with Gasteiger partial charge in [-0.1, -0.05) is 50.6 Å². The maximum Gasteiger partial charge on any atom is 0.472 e. The molecule has 0 aromatic heterocycles. The summed E-state index contributed by atoms with van der Waals surface area (Å²) in [6.45, 7) is 5.20. The molecular weight excluding hydrogens is 407 g/mol. The van der Waals surface area contributed by atoms with Crippen molar-refractivity contribution in [2.24, 2.45) is 34.5 Å². The Labute approximate surface area is 187 Å². The number of rotatable bonds is 5. The average Bonchev–Trinajstić information content (AvgIpc) is 3.15. The van der Waals surface area contributed by atoms with Crippen LogP contribution in [-0.2, 0) is 20.2 Å². The normalized spacial score (nSPS) is 44.0. The van der Waals surface area contributed by atoms with E-state index in [0.717, 1.165) is 42.6 Å². The number of benzene rings is 1. The Hall–Kier alpha value is -0.670. The summed E-state index contributed by atoms with van der Waals surface area (Å²) in [5.74, 6) is 3.27. The van der Waals surface area contributed by atoms with E-state index in [4.69, 9.17) is 9.05 Å². The second-order valence-corrected chi connectivity index (χ2v) is 12.9. The van der Waals surface area contributed by atoms with Crippen LogP contribution in [0.2, 0.25) is 0 Å². The third-order valence-corrected chi connectivity index (χ3v) is 10.9. The quantitative estimate of drug-likeness (QED) is 0.489. The Balaban J connectivity index is 1.21. The molecule has 0 heterocycles. The lowest BCUT2D eigenvalue weighted by Gasteiger charge is -2.60. The molecule has 0 radical (unpaired) electrons. The van der Waals surface area contributed by atoms with Gasteiger partial charge < -0.3 is 4.89 Å². The molecular formula is C26H39O4P. The van der Waals surface area contributed by atoms with E-state index in [0.29, 0.717) is 16.7 Å². The van der Waals surface area contributed by atoms with Crippen LogP contribution in [0, 0.1) is 34.5 Å². The summed E-state index contributed by atoms with van der Waals surface area (Å²) in [4.78, 5) is 10.3. The number of phosphoric acid groups is 1. The molecule has 1 N–H and O–H groups in total. The molecule has 0 saturated heterocycles. The second kappa shape index (κ2) is 8.28. The minimum absolute atomic E-state index is 0.104. The molecule has 4 saturated carbocycles. The van der Waals surface area contributed by atoms with Gasteiger partial charge in [-0.2, -0.15) is 0 Å². The monoisotopic (exact) mass is 446 g/mol. The topological polar surface area (TPSA) is 55.8 Å². The zero-order valence-corrected chi connectivity index (χ0v) is 20.1. The summed E-state index contributed by atoms with van der Waals surface area (Å²) >= 11 is 0. The zero-order valence-electron chi connectivity index (χ0n) is 19.2. The summed E-state index contributed by atoms with van der Waals surface area (Å²) in [5, 5.41) is 0. The van der Waals surface area contributed by atoms with Crippen LogP contribution in [0.3, 0.4) is 0 Å². The molecule has 4 aliphatic rings.